The Morgan fingerprint density at radius 3 is 2.24 bits per heavy atom. The first-order chi connectivity index (χ1) is 16.0. The largest absolute Gasteiger partial charge is 0.476 e. The molecule has 1 atom stereocenters. The molecular weight excluding hydrogens is 418 g/mol. The molecule has 2 aliphatic rings. The molecule has 2 amide bonds. The van der Waals surface area contributed by atoms with E-state index in [1.165, 1.54) is 0 Å². The lowest BCUT2D eigenvalue weighted by Crippen LogP contribution is -2.54. The van der Waals surface area contributed by atoms with Crippen LogP contribution in [-0.4, -0.2) is 60.2 Å². The van der Waals surface area contributed by atoms with Crippen LogP contribution < -0.4 is 9.64 Å². The van der Waals surface area contributed by atoms with E-state index >= 15 is 0 Å². The minimum Gasteiger partial charge on any atom is -0.476 e. The minimum absolute atomic E-state index is 0.112. The zero-order valence-electron chi connectivity index (χ0n) is 18.9. The van der Waals surface area contributed by atoms with Gasteiger partial charge in [-0.2, -0.15) is 0 Å². The molecule has 33 heavy (non-hydrogen) atoms. The van der Waals surface area contributed by atoms with E-state index in [9.17, 15) is 9.59 Å². The average Bonchev–Trinajstić information content (AvgIpc) is 3.20. The van der Waals surface area contributed by atoms with Crippen molar-refractivity contribution >= 4 is 17.5 Å². The number of carbonyl (C=O) groups excluding carboxylic acids is 2. The van der Waals surface area contributed by atoms with Crippen molar-refractivity contribution < 1.29 is 19.1 Å². The van der Waals surface area contributed by atoms with Crippen LogP contribution >= 0.6 is 0 Å². The quantitative estimate of drug-likeness (QED) is 0.620. The lowest BCUT2D eigenvalue weighted by molar-refractivity contribution is -0.142. The molecule has 170 valence electrons. The molecule has 1 aromatic heterocycles. The van der Waals surface area contributed by atoms with Gasteiger partial charge in [0.05, 0.1) is 25.4 Å². The van der Waals surface area contributed by atoms with Gasteiger partial charge in [0, 0.05) is 35.7 Å². The minimum atomic E-state index is -0.744. The summed E-state index contributed by atoms with van der Waals surface area (Å²) < 4.78 is 13.5. The third-order valence-corrected chi connectivity index (χ3v) is 6.26. The lowest BCUT2D eigenvalue weighted by Gasteiger charge is -2.37. The van der Waals surface area contributed by atoms with Gasteiger partial charge in [-0.25, -0.2) is 0 Å². The Kier molecular flexibility index (Phi) is 5.64. The number of hydrogen-bond donors (Lipinski definition) is 0. The van der Waals surface area contributed by atoms with E-state index in [4.69, 9.17) is 9.47 Å². The first-order valence-electron chi connectivity index (χ1n) is 11.2. The summed E-state index contributed by atoms with van der Waals surface area (Å²) in [5.74, 6) is 0.274. The fourth-order valence-electron chi connectivity index (χ4n) is 4.53. The van der Waals surface area contributed by atoms with Gasteiger partial charge >= 0.3 is 0 Å². The maximum atomic E-state index is 13.6. The molecule has 1 saturated heterocycles. The molecule has 7 heteroatoms. The average molecular weight is 446 g/mol. The number of anilines is 1. The third kappa shape index (κ3) is 4.00. The van der Waals surface area contributed by atoms with E-state index in [1.54, 1.807) is 15.9 Å². The molecule has 0 aliphatic carbocycles. The summed E-state index contributed by atoms with van der Waals surface area (Å²) in [6, 6.07) is 19.1. The molecule has 1 fully saturated rings. The predicted octanol–water partition coefficient (Wildman–Crippen LogP) is 3.36. The molecule has 0 spiro atoms. The third-order valence-electron chi connectivity index (χ3n) is 6.26. The summed E-state index contributed by atoms with van der Waals surface area (Å²) >= 11 is 0. The Morgan fingerprint density at radius 1 is 0.879 bits per heavy atom. The summed E-state index contributed by atoms with van der Waals surface area (Å²) in [5.41, 5.74) is 4.52. The SMILES string of the molecule is Cc1ccc(C)n1-c1ccc(C(=O)N2CC(C(=O)N3CCOCC3)Oc3ccccc32)cc1. The molecule has 0 saturated carbocycles. The van der Waals surface area contributed by atoms with Crippen LogP contribution in [0.25, 0.3) is 5.69 Å². The number of morpholine rings is 1. The molecular formula is C26H27N3O4. The van der Waals surface area contributed by atoms with Crippen LogP contribution in [0.4, 0.5) is 5.69 Å². The van der Waals surface area contributed by atoms with Crippen LogP contribution in [-0.2, 0) is 9.53 Å². The first kappa shape index (κ1) is 21.3. The first-order valence-corrected chi connectivity index (χ1v) is 11.2. The Hall–Kier alpha value is -3.58. The monoisotopic (exact) mass is 445 g/mol. The summed E-state index contributed by atoms with van der Waals surface area (Å²) in [6.45, 7) is 6.39. The highest BCUT2D eigenvalue weighted by Gasteiger charge is 2.36. The second-order valence-electron chi connectivity index (χ2n) is 8.43. The van der Waals surface area contributed by atoms with Gasteiger partial charge in [-0.1, -0.05) is 12.1 Å². The van der Waals surface area contributed by atoms with E-state index < -0.39 is 6.10 Å². The Bertz CT molecular complexity index is 1160. The Labute approximate surface area is 193 Å². The van der Waals surface area contributed by atoms with Crippen molar-refractivity contribution in [1.82, 2.24) is 9.47 Å². The molecule has 2 aliphatic heterocycles. The second kappa shape index (κ2) is 8.75. The van der Waals surface area contributed by atoms with Crippen molar-refractivity contribution in [3.8, 4) is 11.4 Å². The van der Waals surface area contributed by atoms with Crippen molar-refractivity contribution in [2.75, 3.05) is 37.7 Å². The van der Waals surface area contributed by atoms with Gasteiger partial charge in [-0.05, 0) is 62.4 Å². The number of para-hydroxylation sites is 2. The number of hydrogen-bond acceptors (Lipinski definition) is 4. The van der Waals surface area contributed by atoms with E-state index in [1.807, 2.05) is 42.5 Å². The van der Waals surface area contributed by atoms with Crippen molar-refractivity contribution in [3.63, 3.8) is 0 Å². The molecule has 3 heterocycles. The van der Waals surface area contributed by atoms with Gasteiger partial charge in [0.15, 0.2) is 6.10 Å². The molecule has 0 radical (unpaired) electrons. The van der Waals surface area contributed by atoms with Crippen LogP contribution in [0.5, 0.6) is 5.75 Å². The smallest absolute Gasteiger partial charge is 0.265 e. The summed E-state index contributed by atoms with van der Waals surface area (Å²) in [7, 11) is 0. The van der Waals surface area contributed by atoms with Crippen molar-refractivity contribution in [2.24, 2.45) is 0 Å². The number of aromatic nitrogens is 1. The molecule has 0 N–H and O–H groups in total. The number of rotatable bonds is 3. The van der Waals surface area contributed by atoms with Crippen molar-refractivity contribution in [3.05, 3.63) is 77.6 Å². The lowest BCUT2D eigenvalue weighted by atomic mass is 10.1. The molecule has 1 unspecified atom stereocenters. The second-order valence-corrected chi connectivity index (χ2v) is 8.43. The van der Waals surface area contributed by atoms with Gasteiger partial charge in [0.1, 0.15) is 5.75 Å². The van der Waals surface area contributed by atoms with Crippen molar-refractivity contribution in [2.45, 2.75) is 20.0 Å². The highest BCUT2D eigenvalue weighted by Crippen LogP contribution is 2.34. The maximum absolute atomic E-state index is 13.6. The van der Waals surface area contributed by atoms with Gasteiger partial charge < -0.3 is 23.8 Å². The van der Waals surface area contributed by atoms with E-state index in [2.05, 4.69) is 30.5 Å². The molecule has 2 aromatic carbocycles. The topological polar surface area (TPSA) is 64.0 Å². The number of amides is 2. The number of carbonyl (C=O) groups is 2. The van der Waals surface area contributed by atoms with Crippen LogP contribution in [0.1, 0.15) is 21.7 Å². The zero-order chi connectivity index (χ0) is 22.9. The summed E-state index contributed by atoms with van der Waals surface area (Å²) in [4.78, 5) is 30.1. The van der Waals surface area contributed by atoms with Crippen LogP contribution in [0.2, 0.25) is 0 Å². The highest BCUT2D eigenvalue weighted by atomic mass is 16.5. The molecule has 3 aromatic rings. The Morgan fingerprint density at radius 2 is 1.55 bits per heavy atom. The number of fused-ring (bicyclic) bond motifs is 1. The summed E-state index contributed by atoms with van der Waals surface area (Å²) in [6.07, 6.45) is -0.744. The van der Waals surface area contributed by atoms with Gasteiger partial charge in [-0.15, -0.1) is 0 Å². The highest BCUT2D eigenvalue weighted by molar-refractivity contribution is 6.08. The van der Waals surface area contributed by atoms with Crippen LogP contribution in [0.15, 0.2) is 60.7 Å². The number of ether oxygens (including phenoxy) is 2. The zero-order valence-corrected chi connectivity index (χ0v) is 18.9. The normalized spacial score (nSPS) is 17.9. The van der Waals surface area contributed by atoms with Crippen molar-refractivity contribution in [1.29, 1.82) is 0 Å². The molecule has 5 rings (SSSR count). The van der Waals surface area contributed by atoms with E-state index in [0.29, 0.717) is 43.3 Å². The van der Waals surface area contributed by atoms with Gasteiger partial charge in [-0.3, -0.25) is 9.59 Å². The number of benzene rings is 2. The predicted molar refractivity (Wildman–Crippen MR) is 125 cm³/mol. The number of aryl methyl sites for hydroxylation is 2. The number of nitrogens with zero attached hydrogens (tertiary/aromatic N) is 3. The fraction of sp³-hybridized carbons (Fsp3) is 0.308. The molecule has 7 nitrogen and oxygen atoms in total. The fourth-order valence-corrected chi connectivity index (χ4v) is 4.53. The molecule has 0 bridgehead atoms. The van der Waals surface area contributed by atoms with Gasteiger partial charge in [0.25, 0.3) is 11.8 Å². The van der Waals surface area contributed by atoms with Gasteiger partial charge in [0.2, 0.25) is 0 Å². The van der Waals surface area contributed by atoms with E-state index in [0.717, 1.165) is 17.1 Å². The van der Waals surface area contributed by atoms with E-state index in [-0.39, 0.29) is 18.4 Å². The van der Waals surface area contributed by atoms with Crippen LogP contribution in [0, 0.1) is 13.8 Å². The summed E-state index contributed by atoms with van der Waals surface area (Å²) in [5, 5.41) is 0. The van der Waals surface area contributed by atoms with Crippen LogP contribution in [0.3, 0.4) is 0 Å². The maximum Gasteiger partial charge on any atom is 0.265 e. The standard InChI is InChI=1S/C26H27N3O4/c1-18-7-8-19(2)29(18)21-11-9-20(10-12-21)25(30)28-17-24(26(31)27-13-15-32-16-14-27)33-23-6-4-3-5-22(23)28/h3-12,24H,13-17H2,1-2H3. The Balaban J connectivity index is 1.42.